The average molecular weight is 247 g/mol. The molecular formula is C11H19ClN2O2. The smallest absolute Gasteiger partial charge is 0.311 e. The lowest BCUT2D eigenvalue weighted by molar-refractivity contribution is -0.146. The molecule has 0 radical (unpaired) electrons. The van der Waals surface area contributed by atoms with Gasteiger partial charge in [-0.05, 0) is 25.2 Å². The third kappa shape index (κ3) is 4.00. The second kappa shape index (κ2) is 6.74. The Bertz CT molecular complexity index is 258. The van der Waals surface area contributed by atoms with Gasteiger partial charge in [-0.15, -0.1) is 11.6 Å². The van der Waals surface area contributed by atoms with Crippen LogP contribution in [0.4, 0.5) is 0 Å². The zero-order chi connectivity index (χ0) is 12.0. The highest BCUT2D eigenvalue weighted by Crippen LogP contribution is 2.15. The third-order valence-electron chi connectivity index (χ3n) is 2.73. The van der Waals surface area contributed by atoms with Gasteiger partial charge in [0.25, 0.3) is 0 Å². The topological polar surface area (TPSA) is 49.4 Å². The highest BCUT2D eigenvalue weighted by molar-refractivity contribution is 6.35. The molecule has 0 bridgehead atoms. The summed E-state index contributed by atoms with van der Waals surface area (Å²) in [4.78, 5) is 24.8. The minimum Gasteiger partial charge on any atom is -0.348 e. The number of carbonyl (C=O) groups excluding carboxylic acids is 2. The maximum Gasteiger partial charge on any atom is 0.311 e. The van der Waals surface area contributed by atoms with Crippen molar-refractivity contribution in [1.29, 1.82) is 0 Å². The number of alkyl halides is 1. The van der Waals surface area contributed by atoms with Gasteiger partial charge in [0.05, 0.1) is 0 Å². The van der Waals surface area contributed by atoms with Gasteiger partial charge in [-0.1, -0.05) is 6.92 Å². The first kappa shape index (κ1) is 13.3. The molecule has 0 aliphatic carbocycles. The number of nitrogens with one attached hydrogen (secondary N) is 1. The molecule has 1 rings (SSSR count). The summed E-state index contributed by atoms with van der Waals surface area (Å²) in [5, 5.41) is 2.58. The van der Waals surface area contributed by atoms with Crippen molar-refractivity contribution in [2.75, 3.05) is 25.5 Å². The van der Waals surface area contributed by atoms with E-state index >= 15 is 0 Å². The molecule has 0 aromatic rings. The van der Waals surface area contributed by atoms with E-state index in [-0.39, 0.29) is 0 Å². The fourth-order valence-electron chi connectivity index (χ4n) is 1.86. The van der Waals surface area contributed by atoms with Crippen LogP contribution in [-0.2, 0) is 9.59 Å². The minimum absolute atomic E-state index is 0.402. The lowest BCUT2D eigenvalue weighted by atomic mass is 10.0. The SMILES string of the molecule is CC1CCCN(C(=O)C(=O)NCCCCl)C1. The van der Waals surface area contributed by atoms with Gasteiger partial charge in [-0.2, -0.15) is 0 Å². The highest BCUT2D eigenvalue weighted by Gasteiger charge is 2.25. The van der Waals surface area contributed by atoms with Gasteiger partial charge in [-0.25, -0.2) is 0 Å². The van der Waals surface area contributed by atoms with E-state index in [2.05, 4.69) is 12.2 Å². The lowest BCUT2D eigenvalue weighted by Crippen LogP contribution is -2.47. The van der Waals surface area contributed by atoms with Crippen LogP contribution in [0.3, 0.4) is 0 Å². The van der Waals surface area contributed by atoms with Crippen LogP contribution in [0.5, 0.6) is 0 Å². The predicted octanol–water partition coefficient (Wildman–Crippen LogP) is 0.990. The Morgan fingerprint density at radius 1 is 1.50 bits per heavy atom. The molecular weight excluding hydrogens is 228 g/mol. The molecule has 1 aliphatic rings. The van der Waals surface area contributed by atoms with Crippen molar-refractivity contribution in [2.45, 2.75) is 26.2 Å². The Labute approximate surface area is 101 Å². The van der Waals surface area contributed by atoms with Gasteiger partial charge < -0.3 is 10.2 Å². The number of nitrogens with zero attached hydrogens (tertiary/aromatic N) is 1. The van der Waals surface area contributed by atoms with Crippen molar-refractivity contribution in [2.24, 2.45) is 5.92 Å². The predicted molar refractivity (Wildman–Crippen MR) is 63.3 cm³/mol. The third-order valence-corrected chi connectivity index (χ3v) is 3.00. The van der Waals surface area contributed by atoms with Crippen molar-refractivity contribution in [3.05, 3.63) is 0 Å². The van der Waals surface area contributed by atoms with Crippen molar-refractivity contribution in [3.8, 4) is 0 Å². The second-order valence-corrected chi connectivity index (χ2v) is 4.67. The van der Waals surface area contributed by atoms with E-state index in [1.165, 1.54) is 0 Å². The molecule has 16 heavy (non-hydrogen) atoms. The van der Waals surface area contributed by atoms with Crippen LogP contribution in [0.25, 0.3) is 0 Å². The van der Waals surface area contributed by atoms with Crippen LogP contribution in [0, 0.1) is 5.92 Å². The number of hydrogen-bond donors (Lipinski definition) is 1. The summed E-state index contributed by atoms with van der Waals surface area (Å²) in [5.41, 5.74) is 0. The number of hydrogen-bond acceptors (Lipinski definition) is 2. The lowest BCUT2D eigenvalue weighted by Gasteiger charge is -2.30. The molecule has 1 saturated heterocycles. The van der Waals surface area contributed by atoms with E-state index in [0.717, 1.165) is 12.8 Å². The molecule has 5 heteroatoms. The van der Waals surface area contributed by atoms with Crippen LogP contribution < -0.4 is 5.32 Å². The quantitative estimate of drug-likeness (QED) is 0.459. The Kier molecular flexibility index (Phi) is 5.60. The molecule has 4 nitrogen and oxygen atoms in total. The van der Waals surface area contributed by atoms with Gasteiger partial charge in [0.2, 0.25) is 0 Å². The number of halogens is 1. The first-order valence-corrected chi connectivity index (χ1v) is 6.31. The molecule has 0 saturated carbocycles. The maximum atomic E-state index is 11.7. The summed E-state index contributed by atoms with van der Waals surface area (Å²) in [6.45, 7) is 3.97. The molecule has 1 fully saturated rings. The van der Waals surface area contributed by atoms with Crippen molar-refractivity contribution >= 4 is 23.4 Å². The van der Waals surface area contributed by atoms with Gasteiger partial charge in [0, 0.05) is 25.5 Å². The van der Waals surface area contributed by atoms with E-state index < -0.39 is 11.8 Å². The normalized spacial score (nSPS) is 20.6. The van der Waals surface area contributed by atoms with Crippen molar-refractivity contribution < 1.29 is 9.59 Å². The monoisotopic (exact) mass is 246 g/mol. The van der Waals surface area contributed by atoms with E-state index in [4.69, 9.17) is 11.6 Å². The van der Waals surface area contributed by atoms with Crippen LogP contribution in [0.1, 0.15) is 26.2 Å². The summed E-state index contributed by atoms with van der Waals surface area (Å²) >= 11 is 5.49. The first-order valence-electron chi connectivity index (χ1n) is 5.78. The van der Waals surface area contributed by atoms with E-state index in [1.807, 2.05) is 0 Å². The molecule has 0 aromatic heterocycles. The molecule has 1 heterocycles. The van der Waals surface area contributed by atoms with Gasteiger partial charge in [0.1, 0.15) is 0 Å². The number of likely N-dealkylation sites (tertiary alicyclic amines) is 1. The highest BCUT2D eigenvalue weighted by atomic mass is 35.5. The van der Waals surface area contributed by atoms with Crippen molar-refractivity contribution in [3.63, 3.8) is 0 Å². The molecule has 1 N–H and O–H groups in total. The minimum atomic E-state index is -0.501. The molecule has 1 aliphatic heterocycles. The fourth-order valence-corrected chi connectivity index (χ4v) is 2.00. The van der Waals surface area contributed by atoms with Gasteiger partial charge in [-0.3, -0.25) is 9.59 Å². The summed E-state index contributed by atoms with van der Waals surface area (Å²) < 4.78 is 0. The Hall–Kier alpha value is -0.770. The number of carbonyl (C=O) groups is 2. The number of amides is 2. The average Bonchev–Trinajstić information content (AvgIpc) is 2.28. The summed E-state index contributed by atoms with van der Waals surface area (Å²) in [6.07, 6.45) is 2.82. The van der Waals surface area contributed by atoms with Crippen molar-refractivity contribution in [1.82, 2.24) is 10.2 Å². The first-order chi connectivity index (χ1) is 7.65. The largest absolute Gasteiger partial charge is 0.348 e. The summed E-state index contributed by atoms with van der Waals surface area (Å²) in [6, 6.07) is 0. The van der Waals surface area contributed by atoms with Crippen LogP contribution in [0.15, 0.2) is 0 Å². The molecule has 92 valence electrons. The van der Waals surface area contributed by atoms with Crippen LogP contribution >= 0.6 is 11.6 Å². The summed E-state index contributed by atoms with van der Waals surface area (Å²) in [7, 11) is 0. The van der Waals surface area contributed by atoms with E-state index in [9.17, 15) is 9.59 Å². The summed E-state index contributed by atoms with van der Waals surface area (Å²) in [5.74, 6) is 0.0866. The molecule has 1 atom stereocenters. The van der Waals surface area contributed by atoms with Crippen LogP contribution in [-0.4, -0.2) is 42.2 Å². The zero-order valence-electron chi connectivity index (χ0n) is 9.67. The van der Waals surface area contributed by atoms with Gasteiger partial charge in [0.15, 0.2) is 0 Å². The fraction of sp³-hybridized carbons (Fsp3) is 0.818. The molecule has 1 unspecified atom stereocenters. The Morgan fingerprint density at radius 2 is 2.25 bits per heavy atom. The number of piperidine rings is 1. The molecule has 2 amide bonds. The van der Waals surface area contributed by atoms with E-state index in [0.29, 0.717) is 37.9 Å². The zero-order valence-corrected chi connectivity index (χ0v) is 10.4. The van der Waals surface area contributed by atoms with E-state index in [1.54, 1.807) is 4.90 Å². The maximum absolute atomic E-state index is 11.7. The van der Waals surface area contributed by atoms with Gasteiger partial charge >= 0.3 is 11.8 Å². The number of rotatable bonds is 3. The standard InChI is InChI=1S/C11H19ClN2O2/c1-9-4-2-7-14(8-9)11(16)10(15)13-6-3-5-12/h9H,2-8H2,1H3,(H,13,15). The molecule has 0 spiro atoms. The molecule has 0 aromatic carbocycles. The Balaban J connectivity index is 2.34. The van der Waals surface area contributed by atoms with Crippen LogP contribution in [0.2, 0.25) is 0 Å². The Morgan fingerprint density at radius 3 is 2.88 bits per heavy atom. The second-order valence-electron chi connectivity index (χ2n) is 4.30.